The standard InChI is InChI=1S/C17H14BrN3O2/c18-13-5-3-12(4-6-13)10-16(22)21-11-14-17(20-8-7-19-14)15-2-1-9-23-15/h1-9H,10-11H2,(H,21,22). The highest BCUT2D eigenvalue weighted by Gasteiger charge is 2.11. The number of nitrogens with one attached hydrogen (secondary N) is 1. The molecule has 0 bridgehead atoms. The van der Waals surface area contributed by atoms with Crippen molar-refractivity contribution in [2.45, 2.75) is 13.0 Å². The smallest absolute Gasteiger partial charge is 0.224 e. The van der Waals surface area contributed by atoms with Gasteiger partial charge in [0.2, 0.25) is 5.91 Å². The summed E-state index contributed by atoms with van der Waals surface area (Å²) in [5.74, 6) is 0.568. The van der Waals surface area contributed by atoms with E-state index in [1.165, 1.54) is 0 Å². The van der Waals surface area contributed by atoms with Crippen LogP contribution in [0.3, 0.4) is 0 Å². The summed E-state index contributed by atoms with van der Waals surface area (Å²) < 4.78 is 6.34. The van der Waals surface area contributed by atoms with Crippen LogP contribution < -0.4 is 5.32 Å². The number of benzene rings is 1. The fourth-order valence-corrected chi connectivity index (χ4v) is 2.41. The van der Waals surface area contributed by atoms with Crippen LogP contribution in [0.1, 0.15) is 11.3 Å². The van der Waals surface area contributed by atoms with Crippen molar-refractivity contribution in [2.75, 3.05) is 0 Å². The third-order valence-corrected chi connectivity index (χ3v) is 3.79. The number of furan rings is 1. The topological polar surface area (TPSA) is 68.0 Å². The maximum absolute atomic E-state index is 12.1. The van der Waals surface area contributed by atoms with Crippen LogP contribution in [-0.4, -0.2) is 15.9 Å². The van der Waals surface area contributed by atoms with Gasteiger partial charge >= 0.3 is 0 Å². The third-order valence-electron chi connectivity index (χ3n) is 3.26. The molecule has 6 heteroatoms. The molecule has 0 aliphatic rings. The maximum Gasteiger partial charge on any atom is 0.224 e. The molecule has 0 spiro atoms. The molecular formula is C17H14BrN3O2. The summed E-state index contributed by atoms with van der Waals surface area (Å²) in [7, 11) is 0. The second-order valence-corrected chi connectivity index (χ2v) is 5.82. The fraction of sp³-hybridized carbons (Fsp3) is 0.118. The van der Waals surface area contributed by atoms with E-state index in [9.17, 15) is 4.79 Å². The van der Waals surface area contributed by atoms with Crippen molar-refractivity contribution in [2.24, 2.45) is 0 Å². The zero-order valence-corrected chi connectivity index (χ0v) is 13.8. The lowest BCUT2D eigenvalue weighted by atomic mass is 10.1. The van der Waals surface area contributed by atoms with Crippen LogP contribution >= 0.6 is 15.9 Å². The SMILES string of the molecule is O=C(Cc1ccc(Br)cc1)NCc1nccnc1-c1ccco1. The summed E-state index contributed by atoms with van der Waals surface area (Å²) in [6, 6.07) is 11.3. The van der Waals surface area contributed by atoms with Gasteiger partial charge in [0.25, 0.3) is 0 Å². The quantitative estimate of drug-likeness (QED) is 0.746. The van der Waals surface area contributed by atoms with E-state index in [4.69, 9.17) is 4.42 Å². The average Bonchev–Trinajstić information content (AvgIpc) is 3.10. The van der Waals surface area contributed by atoms with Crippen LogP contribution in [0.5, 0.6) is 0 Å². The van der Waals surface area contributed by atoms with Crippen molar-refractivity contribution in [3.05, 3.63) is 70.8 Å². The van der Waals surface area contributed by atoms with Gasteiger partial charge in [0.1, 0.15) is 5.69 Å². The van der Waals surface area contributed by atoms with Crippen molar-refractivity contribution in [3.8, 4) is 11.5 Å². The molecule has 2 aromatic heterocycles. The van der Waals surface area contributed by atoms with Gasteiger partial charge in [-0.1, -0.05) is 28.1 Å². The van der Waals surface area contributed by atoms with Gasteiger partial charge in [0, 0.05) is 16.9 Å². The first-order valence-electron chi connectivity index (χ1n) is 7.07. The van der Waals surface area contributed by atoms with Gasteiger partial charge in [0.15, 0.2) is 5.76 Å². The van der Waals surface area contributed by atoms with Gasteiger partial charge in [-0.15, -0.1) is 0 Å². The second kappa shape index (κ2) is 7.19. The van der Waals surface area contributed by atoms with Gasteiger partial charge in [-0.2, -0.15) is 0 Å². The summed E-state index contributed by atoms with van der Waals surface area (Å²) in [6.07, 6.45) is 5.11. The minimum Gasteiger partial charge on any atom is -0.463 e. The summed E-state index contributed by atoms with van der Waals surface area (Å²) in [5, 5.41) is 2.87. The van der Waals surface area contributed by atoms with Crippen molar-refractivity contribution in [1.29, 1.82) is 0 Å². The van der Waals surface area contributed by atoms with Gasteiger partial charge < -0.3 is 9.73 Å². The molecule has 23 heavy (non-hydrogen) atoms. The lowest BCUT2D eigenvalue weighted by molar-refractivity contribution is -0.120. The number of halogens is 1. The molecule has 0 aliphatic heterocycles. The van der Waals surface area contributed by atoms with Crippen LogP contribution in [0.2, 0.25) is 0 Å². The third kappa shape index (κ3) is 4.04. The van der Waals surface area contributed by atoms with E-state index < -0.39 is 0 Å². The summed E-state index contributed by atoms with van der Waals surface area (Å²) in [6.45, 7) is 0.305. The lowest BCUT2D eigenvalue weighted by Gasteiger charge is -2.07. The molecule has 116 valence electrons. The molecule has 3 rings (SSSR count). The van der Waals surface area contributed by atoms with Gasteiger partial charge in [-0.25, -0.2) is 4.98 Å². The molecule has 0 saturated carbocycles. The number of aromatic nitrogens is 2. The van der Waals surface area contributed by atoms with Crippen LogP contribution in [0.25, 0.3) is 11.5 Å². The molecule has 0 atom stereocenters. The largest absolute Gasteiger partial charge is 0.463 e. The lowest BCUT2D eigenvalue weighted by Crippen LogP contribution is -2.25. The Kier molecular flexibility index (Phi) is 4.83. The summed E-state index contributed by atoms with van der Waals surface area (Å²) in [5.41, 5.74) is 2.27. The Morgan fingerprint density at radius 1 is 1.13 bits per heavy atom. The Balaban J connectivity index is 1.64. The molecule has 0 radical (unpaired) electrons. The number of carbonyl (C=O) groups excluding carboxylic acids is 1. The second-order valence-electron chi connectivity index (χ2n) is 4.91. The zero-order chi connectivity index (χ0) is 16.1. The first-order chi connectivity index (χ1) is 11.2. The highest BCUT2D eigenvalue weighted by Crippen LogP contribution is 2.19. The Bertz CT molecular complexity index is 786. The van der Waals surface area contributed by atoms with E-state index in [2.05, 4.69) is 31.2 Å². The first-order valence-corrected chi connectivity index (χ1v) is 7.86. The van der Waals surface area contributed by atoms with Crippen molar-refractivity contribution in [3.63, 3.8) is 0 Å². The number of hydrogen-bond donors (Lipinski definition) is 1. The minimum atomic E-state index is -0.0663. The van der Waals surface area contributed by atoms with E-state index in [0.717, 1.165) is 10.0 Å². The maximum atomic E-state index is 12.1. The average molecular weight is 372 g/mol. The zero-order valence-electron chi connectivity index (χ0n) is 12.2. The number of rotatable bonds is 5. The normalized spacial score (nSPS) is 10.5. The Morgan fingerprint density at radius 3 is 2.65 bits per heavy atom. The Hall–Kier alpha value is -2.47. The van der Waals surface area contributed by atoms with Crippen molar-refractivity contribution < 1.29 is 9.21 Å². The molecule has 2 heterocycles. The predicted molar refractivity (Wildman–Crippen MR) is 89.4 cm³/mol. The number of amides is 1. The Labute approximate surface area is 141 Å². The molecular weight excluding hydrogens is 358 g/mol. The van der Waals surface area contributed by atoms with Crippen molar-refractivity contribution in [1.82, 2.24) is 15.3 Å². The fourth-order valence-electron chi connectivity index (χ4n) is 2.15. The van der Waals surface area contributed by atoms with Crippen LogP contribution in [-0.2, 0) is 17.8 Å². The molecule has 5 nitrogen and oxygen atoms in total. The molecule has 0 unspecified atom stereocenters. The van der Waals surface area contributed by atoms with Gasteiger partial charge in [-0.05, 0) is 29.8 Å². The van der Waals surface area contributed by atoms with Gasteiger partial charge in [-0.3, -0.25) is 9.78 Å². The molecule has 0 fully saturated rings. The minimum absolute atomic E-state index is 0.0663. The predicted octanol–water partition coefficient (Wildman–Crippen LogP) is 3.36. The highest BCUT2D eigenvalue weighted by atomic mass is 79.9. The molecule has 0 saturated heterocycles. The van der Waals surface area contributed by atoms with Gasteiger partial charge in [0.05, 0.1) is 24.9 Å². The number of nitrogens with zero attached hydrogens (tertiary/aromatic N) is 2. The van der Waals surface area contributed by atoms with E-state index in [1.807, 2.05) is 30.3 Å². The van der Waals surface area contributed by atoms with Crippen LogP contribution in [0.15, 0.2) is 63.9 Å². The van der Waals surface area contributed by atoms with Crippen LogP contribution in [0.4, 0.5) is 0 Å². The van der Waals surface area contributed by atoms with E-state index >= 15 is 0 Å². The molecule has 1 N–H and O–H groups in total. The monoisotopic (exact) mass is 371 g/mol. The van der Waals surface area contributed by atoms with E-state index in [-0.39, 0.29) is 5.91 Å². The number of carbonyl (C=O) groups is 1. The first kappa shape index (κ1) is 15.4. The summed E-state index contributed by atoms with van der Waals surface area (Å²) >= 11 is 3.38. The number of hydrogen-bond acceptors (Lipinski definition) is 4. The highest BCUT2D eigenvalue weighted by molar-refractivity contribution is 9.10. The molecule has 3 aromatic rings. The molecule has 0 aliphatic carbocycles. The molecule has 1 amide bonds. The Morgan fingerprint density at radius 2 is 1.91 bits per heavy atom. The molecule has 1 aromatic carbocycles. The van der Waals surface area contributed by atoms with E-state index in [1.54, 1.807) is 24.7 Å². The summed E-state index contributed by atoms with van der Waals surface area (Å²) in [4.78, 5) is 20.6. The van der Waals surface area contributed by atoms with Crippen molar-refractivity contribution >= 4 is 21.8 Å². The van der Waals surface area contributed by atoms with Crippen LogP contribution in [0, 0.1) is 0 Å². The van der Waals surface area contributed by atoms with E-state index in [0.29, 0.717) is 30.1 Å².